The van der Waals surface area contributed by atoms with Crippen LogP contribution in [0.2, 0.25) is 0 Å². The summed E-state index contributed by atoms with van der Waals surface area (Å²) in [5, 5.41) is 0. The molecule has 0 amide bonds. The second-order valence-electron chi connectivity index (χ2n) is 2.76. The predicted molar refractivity (Wildman–Crippen MR) is 60.8 cm³/mol. The largest absolute Gasteiger partial charge is 0.361 e. The Hall–Kier alpha value is 0.144. The van der Waals surface area contributed by atoms with Gasteiger partial charge in [-0.05, 0) is 6.42 Å². The van der Waals surface area contributed by atoms with Gasteiger partial charge in [-0.2, -0.15) is 15.9 Å². The molecule has 0 fully saturated rings. The van der Waals surface area contributed by atoms with Crippen molar-refractivity contribution in [2.45, 2.75) is 13.0 Å². The smallest absolute Gasteiger partial charge is 0.171 e. The second kappa shape index (κ2) is 7.42. The van der Waals surface area contributed by atoms with Crippen LogP contribution >= 0.6 is 15.9 Å². The maximum atomic E-state index is 11.4. The quantitative estimate of drug-likeness (QED) is 0.541. The van der Waals surface area contributed by atoms with Crippen LogP contribution in [0.4, 0.5) is 0 Å². The van der Waals surface area contributed by atoms with E-state index in [1.54, 1.807) is 16.8 Å². The minimum Gasteiger partial charge on any atom is -0.361 e. The third-order valence-electron chi connectivity index (χ3n) is 1.77. The summed E-state index contributed by atoms with van der Waals surface area (Å²) in [6.45, 7) is 9.53. The molecule has 0 saturated heterocycles. The second-order valence-corrected chi connectivity index (χ2v) is 3.61. The van der Waals surface area contributed by atoms with E-state index in [1.807, 2.05) is 0 Å². The van der Waals surface area contributed by atoms with Crippen molar-refractivity contribution >= 4 is 22.0 Å². The molecule has 0 unspecified atom stereocenters. The Morgan fingerprint density at radius 2 is 2.33 bits per heavy atom. The number of pyridine rings is 1. The summed E-state index contributed by atoms with van der Waals surface area (Å²) in [4.78, 5) is 11.4. The molecule has 1 aromatic heterocycles. The maximum Gasteiger partial charge on any atom is 0.171 e. The Bertz CT molecular complexity index is 412. The van der Waals surface area contributed by atoms with Crippen LogP contribution in [0.5, 0.6) is 0 Å². The van der Waals surface area contributed by atoms with Crippen LogP contribution in [-0.4, -0.2) is 4.57 Å². The molecule has 1 aromatic rings. The van der Waals surface area contributed by atoms with E-state index >= 15 is 0 Å². The number of aromatic nitrogens is 1. The molecule has 0 aromatic carbocycles. The standard InChI is InChI=1S/C11H10BrNO.Tm/c1-3-5-6-13-8-10(12)9(4-2)7-11(13)14;/h2-4,8H,1,5-6H2;/q-2;. The van der Waals surface area contributed by atoms with Crippen molar-refractivity contribution in [3.63, 3.8) is 0 Å². The van der Waals surface area contributed by atoms with E-state index in [1.165, 1.54) is 6.08 Å². The van der Waals surface area contributed by atoms with E-state index in [9.17, 15) is 4.79 Å². The van der Waals surface area contributed by atoms with Gasteiger partial charge in [0.2, 0.25) is 0 Å². The van der Waals surface area contributed by atoms with Gasteiger partial charge < -0.3 is 22.8 Å². The molecule has 0 bridgehead atoms. The number of hydrogen-bond acceptors (Lipinski definition) is 1. The fraction of sp³-hybridized carbons (Fsp3) is 0.182. The van der Waals surface area contributed by atoms with Gasteiger partial charge in [0.1, 0.15) is 0 Å². The first-order valence-electron chi connectivity index (χ1n) is 4.17. The summed E-state index contributed by atoms with van der Waals surface area (Å²) in [5.41, 5.74) is 0.414. The maximum absolute atomic E-state index is 11.4. The molecule has 87 valence electrons. The minimum atomic E-state index is -0.174. The monoisotopic (exact) mass is 420 g/mol. The van der Waals surface area contributed by atoms with Crippen LogP contribution < -0.4 is 5.56 Å². The number of nitrogens with zero attached hydrogens (tertiary/aromatic N) is 1. The van der Waals surface area contributed by atoms with Gasteiger partial charge in [-0.15, -0.1) is 11.1 Å². The summed E-state index contributed by atoms with van der Waals surface area (Å²) < 4.78 is 2.34. The zero-order valence-corrected chi connectivity index (χ0v) is 11.3. The van der Waals surface area contributed by atoms with Crippen LogP contribution in [-0.2, 0) is 6.54 Å². The molecule has 4 heteroatoms. The number of hydrogen-bond donors (Lipinski definition) is 0. The van der Waals surface area contributed by atoms with Crippen LogP contribution in [0, 0.1) is 49.5 Å². The van der Waals surface area contributed by atoms with Crippen LogP contribution in [0.25, 0.3) is 6.08 Å². The van der Waals surface area contributed by atoms with Gasteiger partial charge in [0.25, 0.3) is 0 Å². The van der Waals surface area contributed by atoms with Crippen molar-refractivity contribution in [2.24, 2.45) is 0 Å². The van der Waals surface area contributed by atoms with Gasteiger partial charge in [0, 0.05) is 43.4 Å². The summed E-state index contributed by atoms with van der Waals surface area (Å²) in [7, 11) is 0. The normalized spacial score (nSPS) is 9.13. The summed E-state index contributed by atoms with van der Waals surface area (Å²) in [5.74, 6) is 0. The molecule has 0 N–H and O–H groups in total. The number of aryl methyl sites for hydroxylation is 1. The number of rotatable bonds is 4. The molecular weight excluding hydrogens is 411 g/mol. The molecule has 0 atom stereocenters. The molecule has 1 rings (SSSR count). The van der Waals surface area contributed by atoms with Crippen molar-refractivity contribution in [2.75, 3.05) is 0 Å². The van der Waals surface area contributed by atoms with Gasteiger partial charge in [-0.1, -0.05) is 12.3 Å². The third kappa shape index (κ3) is 4.25. The first-order valence-corrected chi connectivity index (χ1v) is 4.96. The molecule has 0 aliphatic heterocycles. The first kappa shape index (κ1) is 15.1. The van der Waals surface area contributed by atoms with Crippen LogP contribution in [0.1, 0.15) is 12.0 Å². The number of halogens is 1. The Kier molecular flexibility index (Phi) is 7.49. The van der Waals surface area contributed by atoms with Crippen molar-refractivity contribution in [1.82, 2.24) is 4.57 Å². The molecule has 0 saturated carbocycles. The Labute approximate surface area is 127 Å². The van der Waals surface area contributed by atoms with Crippen molar-refractivity contribution in [3.05, 3.63) is 51.9 Å². The Balaban J connectivity index is 0.00000196. The Morgan fingerprint density at radius 3 is 2.87 bits per heavy atom. The predicted octanol–water partition coefficient (Wildman–Crippen LogP) is 2.43. The van der Waals surface area contributed by atoms with Crippen molar-refractivity contribution in [3.8, 4) is 0 Å². The fourth-order valence-corrected chi connectivity index (χ4v) is 1.51. The van der Waals surface area contributed by atoms with Crippen LogP contribution in [0.15, 0.2) is 28.1 Å². The molecular formula is C11H10BrNOTm-2. The zero-order chi connectivity index (χ0) is 10.6. The van der Waals surface area contributed by atoms with Gasteiger partial charge >= 0.3 is 0 Å². The molecule has 2 nitrogen and oxygen atoms in total. The van der Waals surface area contributed by atoms with E-state index in [0.717, 1.165) is 10.9 Å². The average Bonchev–Trinajstić information content (AvgIpc) is 2.18. The molecule has 1 heterocycles. The minimum absolute atomic E-state index is 0. The van der Waals surface area contributed by atoms with Crippen molar-refractivity contribution in [1.29, 1.82) is 0 Å². The van der Waals surface area contributed by atoms with E-state index in [2.05, 4.69) is 28.6 Å². The fourth-order valence-electron chi connectivity index (χ4n) is 1.03. The molecule has 0 aliphatic rings. The summed E-state index contributed by atoms with van der Waals surface area (Å²) >= 11 is 3.31. The first-order chi connectivity index (χ1) is 6.69. The van der Waals surface area contributed by atoms with Gasteiger partial charge in [0.15, 0.2) is 5.56 Å². The van der Waals surface area contributed by atoms with Gasteiger partial charge in [0.05, 0.1) is 0 Å². The van der Waals surface area contributed by atoms with Gasteiger partial charge in [-0.25, -0.2) is 6.07 Å². The van der Waals surface area contributed by atoms with E-state index in [0.29, 0.717) is 12.1 Å². The molecule has 1 radical (unpaired) electrons. The van der Waals surface area contributed by atoms with E-state index in [-0.39, 0.29) is 42.4 Å². The molecule has 15 heavy (non-hydrogen) atoms. The van der Waals surface area contributed by atoms with E-state index in [4.69, 9.17) is 6.58 Å². The van der Waals surface area contributed by atoms with Crippen LogP contribution in [0.3, 0.4) is 0 Å². The number of allylic oxidation sites excluding steroid dienone is 1. The summed E-state index contributed by atoms with van der Waals surface area (Å²) in [6, 6.07) is 2.65. The molecule has 0 spiro atoms. The average molecular weight is 421 g/mol. The zero-order valence-electron chi connectivity index (χ0n) is 7.94. The summed E-state index contributed by atoms with van der Waals surface area (Å²) in [6.07, 6.45) is 5.58. The third-order valence-corrected chi connectivity index (χ3v) is 2.40. The van der Waals surface area contributed by atoms with E-state index < -0.39 is 0 Å². The topological polar surface area (TPSA) is 22.0 Å². The van der Waals surface area contributed by atoms with Gasteiger partial charge in [-0.3, -0.25) is 4.79 Å². The Morgan fingerprint density at radius 1 is 1.67 bits per heavy atom. The van der Waals surface area contributed by atoms with Crippen molar-refractivity contribution < 1.29 is 36.9 Å². The molecule has 0 aliphatic carbocycles. The SMILES string of the molecule is [CH-]=Cc1[c-]c(=O)n(CCC=C)cc1Br.[Tm].